The van der Waals surface area contributed by atoms with E-state index in [2.05, 4.69) is 5.92 Å². The van der Waals surface area contributed by atoms with Gasteiger partial charge in [-0.1, -0.05) is 5.92 Å². The molecule has 1 aromatic heterocycles. The highest BCUT2D eigenvalue weighted by Gasteiger charge is 2.09. The molecule has 1 heterocycles. The number of hydrogen-bond acceptors (Lipinski definition) is 3. The largest absolute Gasteiger partial charge is 0.247 e. The maximum Gasteiger partial charge on any atom is 0.247 e. The number of rotatable bonds is 1. The van der Waals surface area contributed by atoms with Gasteiger partial charge in [0.05, 0.1) is 4.88 Å². The van der Waals surface area contributed by atoms with Gasteiger partial charge in [-0.25, -0.2) is 13.6 Å². The number of thiophene rings is 1. The van der Waals surface area contributed by atoms with Crippen molar-refractivity contribution < 1.29 is 8.42 Å². The predicted octanol–water partition coefficient (Wildman–Crippen LogP) is 0.377. The number of hydrogen-bond donors (Lipinski definition) is 1. The van der Waals surface area contributed by atoms with Gasteiger partial charge in [0.25, 0.3) is 0 Å². The summed E-state index contributed by atoms with van der Waals surface area (Å²) in [5, 5.41) is 4.84. The molecule has 11 heavy (non-hydrogen) atoms. The Kier molecular flexibility index (Phi) is 2.00. The average Bonchev–Trinajstić information content (AvgIpc) is 2.32. The fourth-order valence-electron chi connectivity index (χ4n) is 0.551. The summed E-state index contributed by atoms with van der Waals surface area (Å²) in [4.78, 5) is 0.564. The van der Waals surface area contributed by atoms with E-state index >= 15 is 0 Å². The zero-order valence-electron chi connectivity index (χ0n) is 5.44. The molecule has 0 aliphatic carbocycles. The molecule has 1 aromatic rings. The SMILES string of the molecule is C#Cc1ccc(S(N)(=O)=O)s1. The van der Waals surface area contributed by atoms with Crippen LogP contribution < -0.4 is 5.14 Å². The van der Waals surface area contributed by atoms with Crippen LogP contribution in [0.25, 0.3) is 0 Å². The monoisotopic (exact) mass is 187 g/mol. The van der Waals surface area contributed by atoms with Crippen molar-refractivity contribution in [3.63, 3.8) is 0 Å². The summed E-state index contributed by atoms with van der Waals surface area (Å²) in [6, 6.07) is 2.94. The van der Waals surface area contributed by atoms with Crippen molar-refractivity contribution in [3.05, 3.63) is 17.0 Å². The van der Waals surface area contributed by atoms with E-state index in [4.69, 9.17) is 11.6 Å². The maximum absolute atomic E-state index is 10.7. The third kappa shape index (κ3) is 1.80. The van der Waals surface area contributed by atoms with Crippen molar-refractivity contribution in [1.82, 2.24) is 0 Å². The summed E-state index contributed by atoms with van der Waals surface area (Å²) in [5.74, 6) is 2.32. The third-order valence-corrected chi connectivity index (χ3v) is 3.46. The minimum absolute atomic E-state index is 0.102. The van der Waals surface area contributed by atoms with Crippen LogP contribution in [0.4, 0.5) is 0 Å². The quantitative estimate of drug-likeness (QED) is 0.646. The molecular weight excluding hydrogens is 182 g/mol. The molecule has 0 saturated heterocycles. The summed E-state index contributed by atoms with van der Waals surface area (Å²) in [7, 11) is -3.57. The van der Waals surface area contributed by atoms with Gasteiger partial charge >= 0.3 is 0 Å². The van der Waals surface area contributed by atoms with E-state index in [-0.39, 0.29) is 4.21 Å². The first-order valence-corrected chi connectivity index (χ1v) is 4.99. The van der Waals surface area contributed by atoms with Crippen LogP contribution in [0, 0.1) is 12.3 Å². The molecule has 0 aliphatic heterocycles. The van der Waals surface area contributed by atoms with Crippen LogP contribution in [0.2, 0.25) is 0 Å². The second-order valence-electron chi connectivity index (χ2n) is 1.81. The minimum Gasteiger partial charge on any atom is -0.224 e. The molecule has 0 atom stereocenters. The normalized spacial score (nSPS) is 10.9. The van der Waals surface area contributed by atoms with Crippen LogP contribution in [0.15, 0.2) is 16.3 Å². The molecule has 2 N–H and O–H groups in total. The Bertz CT molecular complexity index is 396. The Morgan fingerprint density at radius 1 is 1.55 bits per heavy atom. The molecular formula is C6H5NO2S2. The molecule has 0 radical (unpaired) electrons. The summed E-state index contributed by atoms with van der Waals surface area (Å²) in [6.45, 7) is 0. The molecule has 5 heteroatoms. The standard InChI is InChI=1S/C6H5NO2S2/c1-2-5-3-4-6(10-5)11(7,8)9/h1,3-4H,(H2,7,8,9). The van der Waals surface area contributed by atoms with E-state index in [0.29, 0.717) is 4.88 Å². The lowest BCUT2D eigenvalue weighted by Crippen LogP contribution is -2.09. The van der Waals surface area contributed by atoms with Gasteiger partial charge in [-0.15, -0.1) is 17.8 Å². The second-order valence-corrected chi connectivity index (χ2v) is 4.68. The Balaban J connectivity index is 3.22. The van der Waals surface area contributed by atoms with Gasteiger partial charge in [-0.2, -0.15) is 0 Å². The van der Waals surface area contributed by atoms with E-state index in [9.17, 15) is 8.42 Å². The smallest absolute Gasteiger partial charge is 0.224 e. The maximum atomic E-state index is 10.7. The lowest BCUT2D eigenvalue weighted by Gasteiger charge is -1.87. The fourth-order valence-corrected chi connectivity index (χ4v) is 2.09. The lowest BCUT2D eigenvalue weighted by molar-refractivity contribution is 0.600. The summed E-state index contributed by atoms with van der Waals surface area (Å²) in [6.07, 6.45) is 5.03. The van der Waals surface area contributed by atoms with E-state index in [1.54, 1.807) is 6.07 Å². The molecule has 0 spiro atoms. The number of sulfonamides is 1. The van der Waals surface area contributed by atoms with Crippen LogP contribution in [0.1, 0.15) is 4.88 Å². The highest BCUT2D eigenvalue weighted by molar-refractivity contribution is 7.91. The Morgan fingerprint density at radius 2 is 2.18 bits per heavy atom. The molecule has 0 saturated carbocycles. The van der Waals surface area contributed by atoms with Gasteiger partial charge in [-0.3, -0.25) is 0 Å². The molecule has 1 rings (SSSR count). The van der Waals surface area contributed by atoms with Gasteiger partial charge < -0.3 is 0 Å². The first-order chi connectivity index (χ1) is 5.04. The first kappa shape index (κ1) is 8.27. The zero-order chi connectivity index (χ0) is 8.48. The van der Waals surface area contributed by atoms with Crippen molar-refractivity contribution in [3.8, 4) is 12.3 Å². The molecule has 0 aromatic carbocycles. The van der Waals surface area contributed by atoms with Crippen molar-refractivity contribution in [2.45, 2.75) is 4.21 Å². The van der Waals surface area contributed by atoms with Crippen LogP contribution in [0.5, 0.6) is 0 Å². The van der Waals surface area contributed by atoms with Crippen LogP contribution in [0.3, 0.4) is 0 Å². The number of terminal acetylenes is 1. The van der Waals surface area contributed by atoms with Gasteiger partial charge in [0.2, 0.25) is 10.0 Å². The Hall–Kier alpha value is -0.830. The molecule has 0 unspecified atom stereocenters. The highest BCUT2D eigenvalue weighted by atomic mass is 32.2. The molecule has 0 fully saturated rings. The van der Waals surface area contributed by atoms with Gasteiger partial charge in [0.15, 0.2) is 0 Å². The predicted molar refractivity (Wildman–Crippen MR) is 43.6 cm³/mol. The summed E-state index contributed by atoms with van der Waals surface area (Å²) in [5.41, 5.74) is 0. The van der Waals surface area contributed by atoms with E-state index < -0.39 is 10.0 Å². The topological polar surface area (TPSA) is 60.2 Å². The molecule has 0 bridgehead atoms. The van der Waals surface area contributed by atoms with Crippen LogP contribution >= 0.6 is 11.3 Å². The van der Waals surface area contributed by atoms with Crippen LogP contribution in [-0.4, -0.2) is 8.42 Å². The Morgan fingerprint density at radius 3 is 2.45 bits per heavy atom. The number of nitrogens with two attached hydrogens (primary N) is 1. The van der Waals surface area contributed by atoms with Crippen molar-refractivity contribution in [2.24, 2.45) is 5.14 Å². The lowest BCUT2D eigenvalue weighted by atomic mass is 10.5. The molecule has 58 valence electrons. The van der Waals surface area contributed by atoms with E-state index in [0.717, 1.165) is 11.3 Å². The highest BCUT2D eigenvalue weighted by Crippen LogP contribution is 2.18. The van der Waals surface area contributed by atoms with Gasteiger partial charge in [-0.05, 0) is 12.1 Å². The first-order valence-electron chi connectivity index (χ1n) is 2.63. The van der Waals surface area contributed by atoms with Crippen molar-refractivity contribution in [1.29, 1.82) is 0 Å². The second kappa shape index (κ2) is 2.66. The van der Waals surface area contributed by atoms with E-state index in [1.165, 1.54) is 6.07 Å². The number of primary sulfonamides is 1. The van der Waals surface area contributed by atoms with Crippen molar-refractivity contribution in [2.75, 3.05) is 0 Å². The fraction of sp³-hybridized carbons (Fsp3) is 0. The third-order valence-electron chi connectivity index (χ3n) is 1.00. The van der Waals surface area contributed by atoms with Gasteiger partial charge in [0, 0.05) is 0 Å². The van der Waals surface area contributed by atoms with E-state index in [1.807, 2.05) is 0 Å². The molecule has 3 nitrogen and oxygen atoms in total. The average molecular weight is 187 g/mol. The zero-order valence-corrected chi connectivity index (χ0v) is 7.08. The minimum atomic E-state index is -3.57. The molecule has 0 amide bonds. The van der Waals surface area contributed by atoms with Gasteiger partial charge in [0.1, 0.15) is 4.21 Å². The summed E-state index contributed by atoms with van der Waals surface area (Å²) >= 11 is 0.991. The van der Waals surface area contributed by atoms with Crippen LogP contribution in [-0.2, 0) is 10.0 Å². The van der Waals surface area contributed by atoms with Crippen molar-refractivity contribution >= 4 is 21.4 Å². The molecule has 0 aliphatic rings. The Labute approximate surface area is 68.9 Å². The summed E-state index contributed by atoms with van der Waals surface area (Å²) < 4.78 is 21.5.